The minimum atomic E-state index is 0.222. The van der Waals surface area contributed by atoms with Crippen LogP contribution in [0.3, 0.4) is 0 Å². The monoisotopic (exact) mass is 280 g/mol. The molecule has 0 radical (unpaired) electrons. The Morgan fingerprint density at radius 1 is 1.05 bits per heavy atom. The maximum atomic E-state index is 6.19. The highest BCUT2D eigenvalue weighted by Crippen LogP contribution is 2.45. The Morgan fingerprint density at radius 2 is 1.75 bits per heavy atom. The van der Waals surface area contributed by atoms with Gasteiger partial charge in [-0.15, -0.1) is 0 Å². The van der Waals surface area contributed by atoms with Gasteiger partial charge in [-0.3, -0.25) is 11.3 Å². The second kappa shape index (κ2) is 6.33. The van der Waals surface area contributed by atoms with Crippen LogP contribution in [-0.4, -0.2) is 18.2 Å². The van der Waals surface area contributed by atoms with Gasteiger partial charge in [0.25, 0.3) is 0 Å². The maximum Gasteiger partial charge on any atom is 0.0685 e. The van der Waals surface area contributed by atoms with Crippen molar-refractivity contribution in [3.05, 3.63) is 0 Å². The Bertz CT molecular complexity index is 306. The van der Waals surface area contributed by atoms with Crippen LogP contribution >= 0.6 is 0 Å². The Kier molecular flexibility index (Phi) is 4.68. The van der Waals surface area contributed by atoms with E-state index in [9.17, 15) is 0 Å². The number of rotatable bonds is 3. The number of hydrazine groups is 1. The zero-order chi connectivity index (χ0) is 14.0. The molecule has 0 aromatic heterocycles. The topological polar surface area (TPSA) is 47.3 Å². The standard InChI is InChI=1S/C17H32N2O/c1-13-4-6-14(7-5-13)16(19-18)15-8-11-20-17(12-15)9-2-3-10-17/h13-16,19H,2-12,18H2,1H3. The molecular weight excluding hydrogens is 248 g/mol. The molecule has 1 saturated heterocycles. The van der Waals surface area contributed by atoms with Crippen LogP contribution in [0, 0.1) is 17.8 Å². The molecule has 0 aromatic carbocycles. The van der Waals surface area contributed by atoms with Crippen molar-refractivity contribution in [3.63, 3.8) is 0 Å². The van der Waals surface area contributed by atoms with Gasteiger partial charge in [-0.2, -0.15) is 0 Å². The van der Waals surface area contributed by atoms with Gasteiger partial charge in [0.15, 0.2) is 0 Å². The summed E-state index contributed by atoms with van der Waals surface area (Å²) < 4.78 is 6.19. The minimum absolute atomic E-state index is 0.222. The first-order valence-electron chi connectivity index (χ1n) is 8.82. The molecule has 0 amide bonds. The van der Waals surface area contributed by atoms with Gasteiger partial charge in [-0.25, -0.2) is 0 Å². The van der Waals surface area contributed by atoms with Gasteiger partial charge in [0.2, 0.25) is 0 Å². The highest BCUT2D eigenvalue weighted by molar-refractivity contribution is 4.96. The summed E-state index contributed by atoms with van der Waals surface area (Å²) in [5, 5.41) is 0. The predicted molar refractivity (Wildman–Crippen MR) is 82.1 cm³/mol. The molecule has 116 valence electrons. The van der Waals surface area contributed by atoms with E-state index in [1.165, 1.54) is 64.2 Å². The first-order valence-corrected chi connectivity index (χ1v) is 8.82. The lowest BCUT2D eigenvalue weighted by atomic mass is 9.71. The van der Waals surface area contributed by atoms with E-state index >= 15 is 0 Å². The summed E-state index contributed by atoms with van der Waals surface area (Å²) >= 11 is 0. The number of hydrogen-bond donors (Lipinski definition) is 2. The Labute approximate surface area is 124 Å². The molecule has 1 heterocycles. The van der Waals surface area contributed by atoms with Crippen molar-refractivity contribution in [1.29, 1.82) is 0 Å². The molecule has 2 aliphatic carbocycles. The zero-order valence-corrected chi connectivity index (χ0v) is 13.1. The third kappa shape index (κ3) is 3.05. The third-order valence-electron chi connectivity index (χ3n) is 6.31. The van der Waals surface area contributed by atoms with E-state index in [-0.39, 0.29) is 5.60 Å². The summed E-state index contributed by atoms with van der Waals surface area (Å²) in [7, 11) is 0. The number of nitrogens with one attached hydrogen (secondary N) is 1. The van der Waals surface area contributed by atoms with Crippen molar-refractivity contribution in [2.75, 3.05) is 6.61 Å². The summed E-state index contributed by atoms with van der Waals surface area (Å²) in [6.45, 7) is 3.34. The van der Waals surface area contributed by atoms with E-state index in [1.54, 1.807) is 0 Å². The summed E-state index contributed by atoms with van der Waals surface area (Å²) in [6, 6.07) is 0.517. The first-order chi connectivity index (χ1) is 9.72. The molecule has 0 aromatic rings. The summed E-state index contributed by atoms with van der Waals surface area (Å²) in [4.78, 5) is 0. The van der Waals surface area contributed by atoms with Crippen LogP contribution in [0.15, 0.2) is 0 Å². The molecule has 2 saturated carbocycles. The highest BCUT2D eigenvalue weighted by atomic mass is 16.5. The molecule has 3 fully saturated rings. The van der Waals surface area contributed by atoms with Gasteiger partial charge in [0.1, 0.15) is 0 Å². The van der Waals surface area contributed by atoms with Crippen LogP contribution in [-0.2, 0) is 4.74 Å². The Balaban J connectivity index is 1.63. The molecule has 1 spiro atoms. The molecular formula is C17H32N2O. The molecule has 0 bridgehead atoms. The maximum absolute atomic E-state index is 6.19. The van der Waals surface area contributed by atoms with Crippen molar-refractivity contribution < 1.29 is 4.74 Å². The minimum Gasteiger partial charge on any atom is -0.375 e. The van der Waals surface area contributed by atoms with Crippen molar-refractivity contribution in [1.82, 2.24) is 5.43 Å². The average molecular weight is 280 g/mol. The lowest BCUT2D eigenvalue weighted by molar-refractivity contribution is -0.102. The lowest BCUT2D eigenvalue weighted by Crippen LogP contribution is -2.51. The lowest BCUT2D eigenvalue weighted by Gasteiger charge is -2.44. The van der Waals surface area contributed by atoms with Gasteiger partial charge >= 0.3 is 0 Å². The van der Waals surface area contributed by atoms with Crippen molar-refractivity contribution >= 4 is 0 Å². The molecule has 1 aliphatic heterocycles. The molecule has 3 N–H and O–H groups in total. The normalized spacial score (nSPS) is 39.0. The first kappa shape index (κ1) is 14.8. The van der Waals surface area contributed by atoms with Crippen LogP contribution in [0.1, 0.15) is 71.1 Å². The number of hydrogen-bond acceptors (Lipinski definition) is 3. The predicted octanol–water partition coefficient (Wildman–Crippen LogP) is 3.38. The fraction of sp³-hybridized carbons (Fsp3) is 1.00. The molecule has 2 unspecified atom stereocenters. The highest BCUT2D eigenvalue weighted by Gasteiger charge is 2.43. The Hall–Kier alpha value is -0.120. The molecule has 3 heteroatoms. The second-order valence-corrected chi connectivity index (χ2v) is 7.70. The van der Waals surface area contributed by atoms with E-state index in [0.29, 0.717) is 6.04 Å². The van der Waals surface area contributed by atoms with Crippen molar-refractivity contribution in [2.24, 2.45) is 23.6 Å². The van der Waals surface area contributed by atoms with Crippen molar-refractivity contribution in [3.8, 4) is 0 Å². The number of nitrogens with two attached hydrogens (primary N) is 1. The number of ether oxygens (including phenoxy) is 1. The van der Waals surface area contributed by atoms with Crippen molar-refractivity contribution in [2.45, 2.75) is 82.8 Å². The second-order valence-electron chi connectivity index (χ2n) is 7.70. The smallest absolute Gasteiger partial charge is 0.0685 e. The van der Waals surface area contributed by atoms with Gasteiger partial charge < -0.3 is 4.74 Å². The van der Waals surface area contributed by atoms with E-state index in [0.717, 1.165) is 24.4 Å². The van der Waals surface area contributed by atoms with Crippen LogP contribution < -0.4 is 11.3 Å². The third-order valence-corrected chi connectivity index (χ3v) is 6.31. The fourth-order valence-corrected chi connectivity index (χ4v) is 5.04. The molecule has 20 heavy (non-hydrogen) atoms. The van der Waals surface area contributed by atoms with Crippen LogP contribution in [0.4, 0.5) is 0 Å². The van der Waals surface area contributed by atoms with Gasteiger partial charge in [-0.1, -0.05) is 32.6 Å². The largest absolute Gasteiger partial charge is 0.375 e. The SMILES string of the molecule is CC1CCC(C(NN)C2CCOC3(CCCC3)C2)CC1. The fourth-order valence-electron chi connectivity index (χ4n) is 5.04. The van der Waals surface area contributed by atoms with Gasteiger partial charge in [-0.05, 0) is 56.3 Å². The van der Waals surface area contributed by atoms with Crippen LogP contribution in [0.2, 0.25) is 0 Å². The van der Waals surface area contributed by atoms with Crippen LogP contribution in [0.25, 0.3) is 0 Å². The molecule has 3 rings (SSSR count). The Morgan fingerprint density at radius 3 is 2.40 bits per heavy atom. The quantitative estimate of drug-likeness (QED) is 0.615. The summed E-state index contributed by atoms with van der Waals surface area (Å²) in [6.07, 6.45) is 13.2. The van der Waals surface area contributed by atoms with Crippen LogP contribution in [0.5, 0.6) is 0 Å². The summed E-state index contributed by atoms with van der Waals surface area (Å²) in [5.41, 5.74) is 3.43. The zero-order valence-electron chi connectivity index (χ0n) is 13.1. The molecule has 3 nitrogen and oxygen atoms in total. The average Bonchev–Trinajstić information content (AvgIpc) is 2.90. The molecule has 2 atom stereocenters. The van der Waals surface area contributed by atoms with E-state index in [2.05, 4.69) is 12.3 Å². The van der Waals surface area contributed by atoms with E-state index < -0.39 is 0 Å². The van der Waals surface area contributed by atoms with Gasteiger partial charge in [0.05, 0.1) is 5.60 Å². The molecule has 3 aliphatic rings. The summed E-state index contributed by atoms with van der Waals surface area (Å²) in [5.74, 6) is 8.40. The van der Waals surface area contributed by atoms with E-state index in [1.807, 2.05) is 0 Å². The van der Waals surface area contributed by atoms with E-state index in [4.69, 9.17) is 10.6 Å². The van der Waals surface area contributed by atoms with Gasteiger partial charge in [0, 0.05) is 12.6 Å².